The number of hydrogen-bond donors (Lipinski definition) is 0. The van der Waals surface area contributed by atoms with Crippen LogP contribution in [0, 0.1) is 0 Å². The van der Waals surface area contributed by atoms with Crippen LogP contribution >= 0.6 is 11.9 Å². The number of Topliss-reactive ketones (excluding diaryl/α,β-unsaturated/α-hetero) is 1. The Labute approximate surface area is 140 Å². The third-order valence-electron chi connectivity index (χ3n) is 3.50. The minimum absolute atomic E-state index is 0.0368. The highest BCUT2D eigenvalue weighted by atomic mass is 32.2. The lowest BCUT2D eigenvalue weighted by molar-refractivity contribution is -0.116. The first kappa shape index (κ1) is 17.2. The average Bonchev–Trinajstić information content (AvgIpc) is 3.06. The summed E-state index contributed by atoms with van der Waals surface area (Å²) in [6.45, 7) is 6.66. The van der Waals surface area contributed by atoms with Gasteiger partial charge in [0.15, 0.2) is 0 Å². The third-order valence-corrected chi connectivity index (χ3v) is 4.71. The molecule has 2 rings (SSSR count). The van der Waals surface area contributed by atoms with Gasteiger partial charge in [0.2, 0.25) is 0 Å². The van der Waals surface area contributed by atoms with Gasteiger partial charge in [-0.2, -0.15) is 4.09 Å². The number of aromatic nitrogens is 3. The molecule has 0 radical (unpaired) electrons. The number of amides is 1. The van der Waals surface area contributed by atoms with Gasteiger partial charge in [-0.05, 0) is 44.3 Å². The Bertz CT molecular complexity index is 668. The molecule has 1 atom stereocenters. The van der Waals surface area contributed by atoms with Crippen LogP contribution in [-0.2, 0) is 4.79 Å². The molecule has 2 aromatic rings. The maximum Gasteiger partial charge on any atom is 0.254 e. The second kappa shape index (κ2) is 7.92. The van der Waals surface area contributed by atoms with Crippen molar-refractivity contribution in [2.45, 2.75) is 26.0 Å². The van der Waals surface area contributed by atoms with E-state index in [-0.39, 0.29) is 11.7 Å². The van der Waals surface area contributed by atoms with Crippen molar-refractivity contribution in [3.63, 3.8) is 0 Å². The molecular formula is C16H20N4O2S. The molecule has 23 heavy (non-hydrogen) atoms. The van der Waals surface area contributed by atoms with E-state index < -0.39 is 5.25 Å². The van der Waals surface area contributed by atoms with Crippen LogP contribution in [0.3, 0.4) is 0 Å². The molecule has 1 amide bonds. The van der Waals surface area contributed by atoms with Crippen LogP contribution in [0.2, 0.25) is 0 Å². The Balaban J connectivity index is 2.40. The molecule has 6 nitrogen and oxygen atoms in total. The van der Waals surface area contributed by atoms with Crippen LogP contribution < -0.4 is 0 Å². The predicted molar refractivity (Wildman–Crippen MR) is 90.1 cm³/mol. The van der Waals surface area contributed by atoms with E-state index in [4.69, 9.17) is 0 Å². The molecule has 1 aromatic heterocycles. The Morgan fingerprint density at radius 1 is 1.26 bits per heavy atom. The highest BCUT2D eigenvalue weighted by molar-refractivity contribution is 7.98. The molecule has 7 heteroatoms. The lowest BCUT2D eigenvalue weighted by Gasteiger charge is -2.22. The number of nitrogens with zero attached hydrogens (tertiary/aromatic N) is 4. The molecule has 0 bridgehead atoms. The third kappa shape index (κ3) is 3.98. The van der Waals surface area contributed by atoms with E-state index in [1.165, 1.54) is 35.6 Å². The largest absolute Gasteiger partial charge is 0.339 e. The molecule has 1 aromatic carbocycles. The summed E-state index contributed by atoms with van der Waals surface area (Å²) in [6.07, 6.45) is 2.95. The Hall–Kier alpha value is -2.15. The topological polar surface area (TPSA) is 68.1 Å². The van der Waals surface area contributed by atoms with Crippen molar-refractivity contribution in [3.05, 3.63) is 48.0 Å². The first-order valence-electron chi connectivity index (χ1n) is 7.48. The van der Waals surface area contributed by atoms with Crippen molar-refractivity contribution in [2.24, 2.45) is 0 Å². The van der Waals surface area contributed by atoms with E-state index in [1.54, 1.807) is 11.0 Å². The van der Waals surface area contributed by atoms with Crippen molar-refractivity contribution in [1.29, 1.82) is 0 Å². The summed E-state index contributed by atoms with van der Waals surface area (Å²) in [6, 6.07) is 7.25. The second-order valence-corrected chi connectivity index (χ2v) is 6.02. The maximum absolute atomic E-state index is 12.7. The van der Waals surface area contributed by atoms with Crippen LogP contribution in [0.5, 0.6) is 0 Å². The van der Waals surface area contributed by atoms with Gasteiger partial charge in [-0.15, -0.1) is 5.10 Å². The summed E-state index contributed by atoms with van der Waals surface area (Å²) in [5.41, 5.74) is 1.27. The van der Waals surface area contributed by atoms with Gasteiger partial charge in [0.25, 0.3) is 5.91 Å². The predicted octanol–water partition coefficient (Wildman–Crippen LogP) is 2.59. The smallest absolute Gasteiger partial charge is 0.254 e. The molecule has 1 unspecified atom stereocenters. The lowest BCUT2D eigenvalue weighted by Crippen LogP contribution is -2.31. The Kier molecular flexibility index (Phi) is 5.92. The number of ketones is 1. The van der Waals surface area contributed by atoms with E-state index in [9.17, 15) is 9.59 Å². The van der Waals surface area contributed by atoms with Crippen molar-refractivity contribution in [3.8, 4) is 0 Å². The molecule has 122 valence electrons. The summed E-state index contributed by atoms with van der Waals surface area (Å²) in [4.78, 5) is 30.5. The fraction of sp³-hybridized carbons (Fsp3) is 0.375. The fourth-order valence-corrected chi connectivity index (χ4v) is 3.20. The number of benzene rings is 1. The molecule has 0 saturated carbocycles. The maximum atomic E-state index is 12.7. The Morgan fingerprint density at radius 3 is 2.52 bits per heavy atom. The SMILES string of the molecule is CCN(CC)C(=O)c1ccccc1C(Sn1cncn1)C(C)=O. The minimum atomic E-state index is -0.507. The fourth-order valence-electron chi connectivity index (χ4n) is 2.31. The molecule has 0 fully saturated rings. The quantitative estimate of drug-likeness (QED) is 0.779. The van der Waals surface area contributed by atoms with Crippen molar-refractivity contribution in [1.82, 2.24) is 19.1 Å². The van der Waals surface area contributed by atoms with E-state index in [0.717, 1.165) is 0 Å². The van der Waals surface area contributed by atoms with Crippen LogP contribution in [0.4, 0.5) is 0 Å². The van der Waals surface area contributed by atoms with Gasteiger partial charge < -0.3 is 4.90 Å². The first-order valence-corrected chi connectivity index (χ1v) is 8.32. The zero-order valence-corrected chi connectivity index (χ0v) is 14.3. The molecule has 0 spiro atoms. The standard InChI is InChI=1S/C16H20N4O2S/c1-4-19(5-2)16(22)14-9-7-6-8-13(14)15(12(3)21)23-20-11-17-10-18-20/h6-11,15H,4-5H2,1-3H3. The van der Waals surface area contributed by atoms with Gasteiger partial charge in [-0.1, -0.05) is 18.2 Å². The molecule has 0 aliphatic carbocycles. The van der Waals surface area contributed by atoms with Crippen LogP contribution in [-0.4, -0.2) is 43.8 Å². The molecule has 0 aliphatic heterocycles. The molecular weight excluding hydrogens is 312 g/mol. The van der Waals surface area contributed by atoms with Gasteiger partial charge in [0, 0.05) is 18.7 Å². The summed E-state index contributed by atoms with van der Waals surface area (Å²) < 4.78 is 1.53. The monoisotopic (exact) mass is 332 g/mol. The second-order valence-electron chi connectivity index (χ2n) is 4.96. The number of carbonyl (C=O) groups excluding carboxylic acids is 2. The summed E-state index contributed by atoms with van der Waals surface area (Å²) in [5.74, 6) is -0.0960. The first-order chi connectivity index (χ1) is 11.1. The zero-order chi connectivity index (χ0) is 16.8. The van der Waals surface area contributed by atoms with Crippen LogP contribution in [0.15, 0.2) is 36.9 Å². The van der Waals surface area contributed by atoms with E-state index >= 15 is 0 Å². The lowest BCUT2D eigenvalue weighted by atomic mass is 10.0. The number of rotatable bonds is 7. The Morgan fingerprint density at radius 2 is 1.96 bits per heavy atom. The highest BCUT2D eigenvalue weighted by Crippen LogP contribution is 2.33. The van der Waals surface area contributed by atoms with Crippen molar-refractivity contribution < 1.29 is 9.59 Å². The normalized spacial score (nSPS) is 12.0. The summed E-state index contributed by atoms with van der Waals surface area (Å²) in [7, 11) is 0. The van der Waals surface area contributed by atoms with Crippen LogP contribution in [0.1, 0.15) is 41.9 Å². The molecule has 0 saturated heterocycles. The van der Waals surface area contributed by atoms with Gasteiger partial charge in [-0.3, -0.25) is 9.59 Å². The van der Waals surface area contributed by atoms with Gasteiger partial charge in [0.1, 0.15) is 23.7 Å². The van der Waals surface area contributed by atoms with E-state index in [0.29, 0.717) is 24.2 Å². The van der Waals surface area contributed by atoms with Gasteiger partial charge in [0.05, 0.1) is 0 Å². The number of hydrogen-bond acceptors (Lipinski definition) is 5. The molecule has 0 N–H and O–H groups in total. The summed E-state index contributed by atoms with van der Waals surface area (Å²) in [5, 5.41) is 3.52. The minimum Gasteiger partial charge on any atom is -0.339 e. The molecule has 0 aliphatic rings. The van der Waals surface area contributed by atoms with E-state index in [2.05, 4.69) is 10.1 Å². The van der Waals surface area contributed by atoms with E-state index in [1.807, 2.05) is 32.0 Å². The summed E-state index contributed by atoms with van der Waals surface area (Å²) >= 11 is 1.24. The van der Waals surface area contributed by atoms with Crippen molar-refractivity contribution in [2.75, 3.05) is 13.1 Å². The van der Waals surface area contributed by atoms with Gasteiger partial charge in [-0.25, -0.2) is 4.98 Å². The van der Waals surface area contributed by atoms with Crippen LogP contribution in [0.25, 0.3) is 0 Å². The number of carbonyl (C=O) groups is 2. The van der Waals surface area contributed by atoms with Gasteiger partial charge >= 0.3 is 0 Å². The molecule has 1 heterocycles. The average molecular weight is 332 g/mol. The zero-order valence-electron chi connectivity index (χ0n) is 13.5. The highest BCUT2D eigenvalue weighted by Gasteiger charge is 2.26. The van der Waals surface area contributed by atoms with Crippen molar-refractivity contribution >= 4 is 23.6 Å².